The van der Waals surface area contributed by atoms with Gasteiger partial charge in [-0.3, -0.25) is 4.57 Å². The molecule has 1 atom stereocenters. The van der Waals surface area contributed by atoms with Gasteiger partial charge >= 0.3 is 5.69 Å². The van der Waals surface area contributed by atoms with E-state index in [0.717, 1.165) is 31.6 Å². The Bertz CT molecular complexity index is 993. The predicted molar refractivity (Wildman–Crippen MR) is 103 cm³/mol. The summed E-state index contributed by atoms with van der Waals surface area (Å²) in [6.45, 7) is 3.12. The summed E-state index contributed by atoms with van der Waals surface area (Å²) in [7, 11) is 0. The van der Waals surface area contributed by atoms with Crippen molar-refractivity contribution in [1.29, 1.82) is 0 Å². The van der Waals surface area contributed by atoms with E-state index in [0.29, 0.717) is 33.1 Å². The van der Waals surface area contributed by atoms with E-state index in [2.05, 4.69) is 25.6 Å². The van der Waals surface area contributed by atoms with E-state index < -0.39 is 0 Å². The Morgan fingerprint density at radius 2 is 2.23 bits per heavy atom. The van der Waals surface area contributed by atoms with Crippen molar-refractivity contribution in [3.05, 3.63) is 50.5 Å². The Kier molecular flexibility index (Phi) is 4.84. The van der Waals surface area contributed by atoms with Gasteiger partial charge < -0.3 is 15.6 Å². The lowest BCUT2D eigenvalue weighted by molar-refractivity contribution is 0.613. The van der Waals surface area contributed by atoms with Crippen LogP contribution in [0.2, 0.25) is 10.0 Å². The van der Waals surface area contributed by atoms with Crippen LogP contribution in [-0.4, -0.2) is 39.2 Å². The van der Waals surface area contributed by atoms with Crippen molar-refractivity contribution in [3.63, 3.8) is 0 Å². The SMILES string of the molecule is O=c1[nH]c2cnc(NC[C@@H]3CCNC3)nc2n1Cc1cc(Cl)ccc1Cl. The number of hydrogen-bond donors (Lipinski definition) is 3. The molecule has 0 aliphatic carbocycles. The fraction of sp³-hybridized carbons (Fsp3) is 0.353. The Hall–Kier alpha value is -2.09. The van der Waals surface area contributed by atoms with Crippen LogP contribution in [0.3, 0.4) is 0 Å². The van der Waals surface area contributed by atoms with E-state index in [1.165, 1.54) is 4.57 Å². The molecule has 1 aliphatic rings. The molecule has 136 valence electrons. The standard InChI is InChI=1S/C17H18Cl2N6O/c18-12-1-2-13(19)11(5-12)9-25-15-14(23-17(25)26)8-22-16(24-15)21-7-10-3-4-20-6-10/h1-2,5,8,10,20H,3-4,6-7,9H2,(H,23,26)(H,21,22,24)/t10-/m1/s1. The lowest BCUT2D eigenvalue weighted by atomic mass is 10.1. The Labute approximate surface area is 159 Å². The average Bonchev–Trinajstić information content (AvgIpc) is 3.24. The van der Waals surface area contributed by atoms with Gasteiger partial charge in [0.15, 0.2) is 5.65 Å². The van der Waals surface area contributed by atoms with Gasteiger partial charge in [-0.15, -0.1) is 0 Å². The van der Waals surface area contributed by atoms with Crippen LogP contribution in [-0.2, 0) is 6.54 Å². The van der Waals surface area contributed by atoms with Crippen molar-refractivity contribution >= 4 is 40.3 Å². The monoisotopic (exact) mass is 392 g/mol. The molecule has 0 saturated carbocycles. The number of H-pyrrole nitrogens is 1. The summed E-state index contributed by atoms with van der Waals surface area (Å²) >= 11 is 12.3. The molecule has 9 heteroatoms. The number of nitrogens with one attached hydrogen (secondary N) is 3. The first-order chi connectivity index (χ1) is 12.6. The number of benzene rings is 1. The van der Waals surface area contributed by atoms with Crippen LogP contribution in [0, 0.1) is 5.92 Å². The van der Waals surface area contributed by atoms with Crippen LogP contribution in [0.25, 0.3) is 11.2 Å². The van der Waals surface area contributed by atoms with E-state index in [4.69, 9.17) is 23.2 Å². The summed E-state index contributed by atoms with van der Waals surface area (Å²) in [5.41, 5.74) is 1.61. The fourth-order valence-corrected chi connectivity index (χ4v) is 3.51. The minimum Gasteiger partial charge on any atom is -0.354 e. The molecule has 26 heavy (non-hydrogen) atoms. The Balaban J connectivity index is 1.63. The second-order valence-electron chi connectivity index (χ2n) is 6.42. The molecular weight excluding hydrogens is 375 g/mol. The zero-order chi connectivity index (χ0) is 18.1. The van der Waals surface area contributed by atoms with Gasteiger partial charge in [0, 0.05) is 16.6 Å². The smallest absolute Gasteiger partial charge is 0.328 e. The van der Waals surface area contributed by atoms with Crippen LogP contribution in [0.15, 0.2) is 29.2 Å². The van der Waals surface area contributed by atoms with Crippen LogP contribution in [0.4, 0.5) is 5.95 Å². The highest BCUT2D eigenvalue weighted by atomic mass is 35.5. The van der Waals surface area contributed by atoms with Crippen LogP contribution in [0.1, 0.15) is 12.0 Å². The molecule has 0 radical (unpaired) electrons. The van der Waals surface area contributed by atoms with Crippen LogP contribution < -0.4 is 16.3 Å². The third-order valence-electron chi connectivity index (χ3n) is 4.56. The fourth-order valence-electron chi connectivity index (χ4n) is 3.14. The lowest BCUT2D eigenvalue weighted by Crippen LogP contribution is -2.19. The number of aromatic nitrogens is 4. The first kappa shape index (κ1) is 17.3. The van der Waals surface area contributed by atoms with E-state index in [-0.39, 0.29) is 12.2 Å². The summed E-state index contributed by atoms with van der Waals surface area (Å²) < 4.78 is 1.54. The first-order valence-electron chi connectivity index (χ1n) is 8.44. The highest BCUT2D eigenvalue weighted by molar-refractivity contribution is 6.33. The zero-order valence-electron chi connectivity index (χ0n) is 13.9. The van der Waals surface area contributed by atoms with Gasteiger partial charge in [-0.25, -0.2) is 9.78 Å². The summed E-state index contributed by atoms with van der Waals surface area (Å²) in [5, 5.41) is 7.72. The number of anilines is 1. The van der Waals surface area contributed by atoms with Crippen molar-refractivity contribution in [2.75, 3.05) is 25.0 Å². The van der Waals surface area contributed by atoms with Crippen molar-refractivity contribution in [2.45, 2.75) is 13.0 Å². The first-order valence-corrected chi connectivity index (χ1v) is 9.20. The Morgan fingerprint density at radius 3 is 3.04 bits per heavy atom. The number of nitrogens with zero attached hydrogens (tertiary/aromatic N) is 3. The van der Waals surface area contributed by atoms with Gasteiger partial charge in [0.1, 0.15) is 5.52 Å². The average molecular weight is 393 g/mol. The van der Waals surface area contributed by atoms with Crippen molar-refractivity contribution in [2.24, 2.45) is 5.92 Å². The molecule has 0 unspecified atom stereocenters. The van der Waals surface area contributed by atoms with E-state index in [9.17, 15) is 4.79 Å². The van der Waals surface area contributed by atoms with Crippen molar-refractivity contribution in [1.82, 2.24) is 24.8 Å². The summed E-state index contributed by atoms with van der Waals surface area (Å²) in [5.74, 6) is 1.07. The van der Waals surface area contributed by atoms with Crippen LogP contribution in [0.5, 0.6) is 0 Å². The molecule has 1 fully saturated rings. The highest BCUT2D eigenvalue weighted by Crippen LogP contribution is 2.22. The maximum atomic E-state index is 12.4. The number of fused-ring (bicyclic) bond motifs is 1. The quantitative estimate of drug-likeness (QED) is 0.620. The lowest BCUT2D eigenvalue weighted by Gasteiger charge is -2.10. The molecule has 0 bridgehead atoms. The van der Waals surface area contributed by atoms with Crippen LogP contribution >= 0.6 is 23.2 Å². The topological polar surface area (TPSA) is 87.6 Å². The predicted octanol–water partition coefficient (Wildman–Crippen LogP) is 2.50. The number of aromatic amines is 1. The maximum Gasteiger partial charge on any atom is 0.328 e. The summed E-state index contributed by atoms with van der Waals surface area (Å²) in [4.78, 5) is 23.9. The van der Waals surface area contributed by atoms with Gasteiger partial charge in [-0.1, -0.05) is 23.2 Å². The minimum atomic E-state index is -0.262. The summed E-state index contributed by atoms with van der Waals surface area (Å²) in [6.07, 6.45) is 2.76. The Morgan fingerprint density at radius 1 is 1.35 bits per heavy atom. The molecule has 1 saturated heterocycles. The zero-order valence-corrected chi connectivity index (χ0v) is 15.4. The van der Waals surface area contributed by atoms with E-state index in [1.807, 2.05) is 0 Å². The second-order valence-corrected chi connectivity index (χ2v) is 7.27. The van der Waals surface area contributed by atoms with Gasteiger partial charge in [0.05, 0.1) is 12.7 Å². The second kappa shape index (κ2) is 7.26. The third-order valence-corrected chi connectivity index (χ3v) is 5.16. The largest absolute Gasteiger partial charge is 0.354 e. The van der Waals surface area contributed by atoms with Gasteiger partial charge in [0.2, 0.25) is 5.95 Å². The van der Waals surface area contributed by atoms with Gasteiger partial charge in [0.25, 0.3) is 0 Å². The molecule has 3 N–H and O–H groups in total. The number of imidazole rings is 1. The van der Waals surface area contributed by atoms with E-state index >= 15 is 0 Å². The molecule has 3 aromatic rings. The highest BCUT2D eigenvalue weighted by Gasteiger charge is 2.16. The molecule has 1 aliphatic heterocycles. The molecule has 3 heterocycles. The molecule has 0 amide bonds. The number of halogens is 2. The van der Waals surface area contributed by atoms with E-state index in [1.54, 1.807) is 24.4 Å². The number of rotatable bonds is 5. The van der Waals surface area contributed by atoms with Gasteiger partial charge in [-0.05, 0) is 49.2 Å². The molecule has 7 nitrogen and oxygen atoms in total. The molecule has 2 aromatic heterocycles. The maximum absolute atomic E-state index is 12.4. The normalized spacial score (nSPS) is 17.1. The minimum absolute atomic E-state index is 0.262. The summed E-state index contributed by atoms with van der Waals surface area (Å²) in [6, 6.07) is 5.19. The molecular formula is C17H18Cl2N6O. The molecule has 1 aromatic carbocycles. The third kappa shape index (κ3) is 3.56. The van der Waals surface area contributed by atoms with Crippen molar-refractivity contribution < 1.29 is 0 Å². The van der Waals surface area contributed by atoms with Crippen molar-refractivity contribution in [3.8, 4) is 0 Å². The molecule has 4 rings (SSSR count). The van der Waals surface area contributed by atoms with Gasteiger partial charge in [-0.2, -0.15) is 4.98 Å². The molecule has 0 spiro atoms. The number of hydrogen-bond acceptors (Lipinski definition) is 5.